The fourth-order valence-corrected chi connectivity index (χ4v) is 1.01. The summed E-state index contributed by atoms with van der Waals surface area (Å²) in [5.41, 5.74) is 8.01. The number of pyridine rings is 1. The predicted octanol–water partition coefficient (Wildman–Crippen LogP) is 2.81. The predicted molar refractivity (Wildman–Crippen MR) is 53.4 cm³/mol. The van der Waals surface area contributed by atoms with Gasteiger partial charge in [0.15, 0.2) is 0 Å². The zero-order chi connectivity index (χ0) is 10.2. The number of ether oxygens (including phenoxy) is 1. The van der Waals surface area contributed by atoms with Gasteiger partial charge in [-0.2, -0.15) is 0 Å². The zero-order valence-corrected chi connectivity index (χ0v) is 8.18. The Bertz CT molecular complexity index is 338. The van der Waals surface area contributed by atoms with Gasteiger partial charge in [-0.25, -0.2) is 0 Å². The molecule has 0 saturated heterocycles. The van der Waals surface area contributed by atoms with Crippen molar-refractivity contribution in [3.05, 3.63) is 33.9 Å². The number of aromatic nitrogens is 1. The molecule has 0 atom stereocenters. The van der Waals surface area contributed by atoms with E-state index in [0.717, 1.165) is 0 Å². The Morgan fingerprint density at radius 1 is 1.57 bits per heavy atom. The van der Waals surface area contributed by atoms with Gasteiger partial charge in [-0.15, -0.1) is 0 Å². The third-order valence-electron chi connectivity index (χ3n) is 1.41. The SMILES string of the molecule is [N-]=[N+]=NCCCOc1cncc(Cl)c1. The van der Waals surface area contributed by atoms with E-state index < -0.39 is 0 Å². The Kier molecular flexibility index (Phi) is 4.61. The van der Waals surface area contributed by atoms with Gasteiger partial charge in [0.2, 0.25) is 0 Å². The van der Waals surface area contributed by atoms with Crippen molar-refractivity contribution in [3.63, 3.8) is 0 Å². The topological polar surface area (TPSA) is 70.9 Å². The molecule has 0 N–H and O–H groups in total. The number of rotatable bonds is 5. The summed E-state index contributed by atoms with van der Waals surface area (Å²) < 4.78 is 5.30. The highest BCUT2D eigenvalue weighted by Gasteiger charge is 1.94. The van der Waals surface area contributed by atoms with Gasteiger partial charge in [-0.05, 0) is 12.0 Å². The maximum Gasteiger partial charge on any atom is 0.139 e. The van der Waals surface area contributed by atoms with Crippen molar-refractivity contribution >= 4 is 11.6 Å². The van der Waals surface area contributed by atoms with E-state index >= 15 is 0 Å². The molecule has 1 aromatic heterocycles. The Morgan fingerprint density at radius 2 is 2.43 bits per heavy atom. The molecule has 1 aromatic rings. The summed E-state index contributed by atoms with van der Waals surface area (Å²) in [7, 11) is 0. The van der Waals surface area contributed by atoms with E-state index in [-0.39, 0.29) is 0 Å². The Morgan fingerprint density at radius 3 is 3.14 bits per heavy atom. The molecule has 0 spiro atoms. The molecule has 0 aliphatic rings. The monoisotopic (exact) mass is 212 g/mol. The van der Waals surface area contributed by atoms with Crippen molar-refractivity contribution in [1.82, 2.24) is 4.98 Å². The van der Waals surface area contributed by atoms with Gasteiger partial charge in [0.05, 0.1) is 17.8 Å². The fraction of sp³-hybridized carbons (Fsp3) is 0.375. The minimum Gasteiger partial charge on any atom is -0.492 e. The van der Waals surface area contributed by atoms with Gasteiger partial charge in [-0.1, -0.05) is 16.7 Å². The second-order valence-corrected chi connectivity index (χ2v) is 2.93. The van der Waals surface area contributed by atoms with Crippen molar-refractivity contribution in [2.45, 2.75) is 6.42 Å². The first-order valence-electron chi connectivity index (χ1n) is 4.07. The van der Waals surface area contributed by atoms with E-state index in [2.05, 4.69) is 15.0 Å². The molecule has 74 valence electrons. The van der Waals surface area contributed by atoms with Crippen LogP contribution in [0.25, 0.3) is 10.4 Å². The number of halogens is 1. The van der Waals surface area contributed by atoms with Crippen LogP contribution in [0, 0.1) is 0 Å². The third-order valence-corrected chi connectivity index (χ3v) is 1.62. The molecule has 0 aliphatic carbocycles. The fourth-order valence-electron chi connectivity index (χ4n) is 0.841. The molecule has 0 aliphatic heterocycles. The summed E-state index contributed by atoms with van der Waals surface area (Å²) in [6, 6.07) is 1.68. The Labute approximate surface area is 86.3 Å². The van der Waals surface area contributed by atoms with E-state index in [1.807, 2.05) is 0 Å². The van der Waals surface area contributed by atoms with Gasteiger partial charge >= 0.3 is 0 Å². The molecule has 1 heterocycles. The highest BCUT2D eigenvalue weighted by Crippen LogP contribution is 2.14. The quantitative estimate of drug-likeness (QED) is 0.326. The first kappa shape index (κ1) is 10.6. The molecule has 0 bridgehead atoms. The maximum atomic E-state index is 8.01. The molecule has 0 saturated carbocycles. The lowest BCUT2D eigenvalue weighted by atomic mass is 10.4. The van der Waals surface area contributed by atoms with Crippen LogP contribution >= 0.6 is 11.6 Å². The average molecular weight is 213 g/mol. The summed E-state index contributed by atoms with van der Waals surface area (Å²) in [6.45, 7) is 0.922. The lowest BCUT2D eigenvalue weighted by Crippen LogP contribution is -1.98. The lowest BCUT2D eigenvalue weighted by molar-refractivity contribution is 0.312. The second-order valence-electron chi connectivity index (χ2n) is 2.50. The van der Waals surface area contributed by atoms with Crippen LogP contribution in [-0.4, -0.2) is 18.1 Å². The van der Waals surface area contributed by atoms with Gasteiger partial charge in [-0.3, -0.25) is 4.98 Å². The summed E-state index contributed by atoms with van der Waals surface area (Å²) >= 11 is 5.70. The van der Waals surface area contributed by atoms with E-state index in [1.54, 1.807) is 12.3 Å². The summed E-state index contributed by atoms with van der Waals surface area (Å²) in [6.07, 6.45) is 3.80. The normalized spacial score (nSPS) is 9.21. The van der Waals surface area contributed by atoms with Crippen LogP contribution in [-0.2, 0) is 0 Å². The largest absolute Gasteiger partial charge is 0.492 e. The minimum absolute atomic E-state index is 0.435. The number of hydrogen-bond donors (Lipinski definition) is 0. The van der Waals surface area contributed by atoms with Crippen LogP contribution in [0.4, 0.5) is 0 Å². The number of hydrogen-bond acceptors (Lipinski definition) is 3. The molecule has 0 radical (unpaired) electrons. The number of azide groups is 1. The highest BCUT2D eigenvalue weighted by molar-refractivity contribution is 6.30. The average Bonchev–Trinajstić information content (AvgIpc) is 2.18. The van der Waals surface area contributed by atoms with Crippen LogP contribution in [0.3, 0.4) is 0 Å². The first-order valence-corrected chi connectivity index (χ1v) is 4.45. The van der Waals surface area contributed by atoms with Crippen LogP contribution in [0.5, 0.6) is 5.75 Å². The van der Waals surface area contributed by atoms with Gasteiger partial charge in [0, 0.05) is 23.7 Å². The van der Waals surface area contributed by atoms with Gasteiger partial charge in [0.1, 0.15) is 5.75 Å². The third kappa shape index (κ3) is 3.98. The molecule has 6 heteroatoms. The van der Waals surface area contributed by atoms with Crippen molar-refractivity contribution in [1.29, 1.82) is 0 Å². The Balaban J connectivity index is 2.27. The summed E-state index contributed by atoms with van der Waals surface area (Å²) in [4.78, 5) is 6.49. The van der Waals surface area contributed by atoms with E-state index in [4.69, 9.17) is 21.9 Å². The molecule has 0 fully saturated rings. The van der Waals surface area contributed by atoms with Crippen molar-refractivity contribution < 1.29 is 4.74 Å². The number of nitrogens with zero attached hydrogens (tertiary/aromatic N) is 4. The summed E-state index contributed by atoms with van der Waals surface area (Å²) in [5, 5.41) is 3.92. The molecular formula is C8H9ClN4O. The van der Waals surface area contributed by atoms with E-state index in [0.29, 0.717) is 30.3 Å². The highest BCUT2D eigenvalue weighted by atomic mass is 35.5. The standard InChI is InChI=1S/C8H9ClN4O/c9-7-4-8(6-11-5-7)14-3-1-2-12-13-10/h4-6H,1-3H2. The van der Waals surface area contributed by atoms with Gasteiger partial charge in [0.25, 0.3) is 0 Å². The second kappa shape index (κ2) is 6.07. The van der Waals surface area contributed by atoms with Crippen molar-refractivity contribution in [2.24, 2.45) is 5.11 Å². The lowest BCUT2D eigenvalue weighted by Gasteiger charge is -2.03. The molecule has 5 nitrogen and oxygen atoms in total. The van der Waals surface area contributed by atoms with Crippen LogP contribution in [0.15, 0.2) is 23.6 Å². The van der Waals surface area contributed by atoms with E-state index in [1.165, 1.54) is 6.20 Å². The van der Waals surface area contributed by atoms with E-state index in [9.17, 15) is 0 Å². The molecule has 0 unspecified atom stereocenters. The Hall–Kier alpha value is -1.45. The zero-order valence-electron chi connectivity index (χ0n) is 7.43. The minimum atomic E-state index is 0.435. The molecule has 0 amide bonds. The molecule has 14 heavy (non-hydrogen) atoms. The molecule has 0 aromatic carbocycles. The smallest absolute Gasteiger partial charge is 0.139 e. The molecule has 1 rings (SSSR count). The first-order chi connectivity index (χ1) is 6.83. The molecular weight excluding hydrogens is 204 g/mol. The van der Waals surface area contributed by atoms with Crippen LogP contribution < -0.4 is 4.74 Å². The van der Waals surface area contributed by atoms with Gasteiger partial charge < -0.3 is 4.74 Å². The summed E-state index contributed by atoms with van der Waals surface area (Å²) in [5.74, 6) is 0.624. The van der Waals surface area contributed by atoms with Crippen molar-refractivity contribution in [3.8, 4) is 5.75 Å². The maximum absolute atomic E-state index is 8.01. The van der Waals surface area contributed by atoms with Crippen molar-refractivity contribution in [2.75, 3.05) is 13.2 Å². The van der Waals surface area contributed by atoms with Crippen LogP contribution in [0.1, 0.15) is 6.42 Å². The van der Waals surface area contributed by atoms with Crippen LogP contribution in [0.2, 0.25) is 5.02 Å².